The first kappa shape index (κ1) is 168. The molecular weight excluding hydrogens is 2000 g/mol. The maximum Gasteiger partial charge on any atom is 0.331 e. The van der Waals surface area contributed by atoms with Crippen molar-refractivity contribution in [2.45, 2.75) is 552 Å². The highest BCUT2D eigenvalue weighted by Gasteiger charge is 2.46. The van der Waals surface area contributed by atoms with Gasteiger partial charge in [-0.3, -0.25) is 0 Å². The van der Waals surface area contributed by atoms with Crippen LogP contribution in [0.15, 0.2) is 12.7 Å². The van der Waals surface area contributed by atoms with Gasteiger partial charge in [0.25, 0.3) is 0 Å². The first-order valence-corrected chi connectivity index (χ1v) is 119. The maximum absolute atomic E-state index is 8.52. The van der Waals surface area contributed by atoms with Crippen molar-refractivity contribution in [2.75, 3.05) is 34.5 Å². The van der Waals surface area contributed by atoms with E-state index in [0.717, 1.165) is 0 Å². The molecule has 0 atom stereocenters. The molecule has 39 heteroatoms. The topological polar surface area (TPSA) is 168 Å². The van der Waals surface area contributed by atoms with Gasteiger partial charge in [-0.15, -0.1) is 6.58 Å². The fourth-order valence-corrected chi connectivity index (χ4v) is 74.3. The first-order valence-electron chi connectivity index (χ1n) is 48.4. The van der Waals surface area contributed by atoms with Crippen LogP contribution >= 0.6 is 11.1 Å². The number of hydrogen-bond donors (Lipinski definition) is 1. The minimum atomic E-state index is -2.26. The molecule has 0 aromatic carbocycles. The summed E-state index contributed by atoms with van der Waals surface area (Å²) in [6, 6.07) is 1.24. The molecule has 0 bridgehead atoms. The van der Waals surface area contributed by atoms with Gasteiger partial charge in [0.05, 0.1) is 35.6 Å². The summed E-state index contributed by atoms with van der Waals surface area (Å²) in [5.41, 5.74) is -0.0191. The molecule has 17 nitrogen and oxygen atoms in total. The zero-order valence-electron chi connectivity index (χ0n) is 105. The van der Waals surface area contributed by atoms with Crippen molar-refractivity contribution in [3.05, 3.63) is 12.7 Å². The molecule has 0 unspecified atom stereocenters. The van der Waals surface area contributed by atoms with Crippen molar-refractivity contribution in [2.24, 2.45) is 5.41 Å². The van der Waals surface area contributed by atoms with Crippen LogP contribution in [-0.4, -0.2) is 242 Å². The van der Waals surface area contributed by atoms with E-state index in [9.17, 15) is 0 Å². The first-order chi connectivity index (χ1) is 54.7. The Bertz CT molecular complexity index is 2450. The molecule has 131 heavy (non-hydrogen) atoms. The van der Waals surface area contributed by atoms with E-state index in [4.69, 9.17) is 84.8 Å². The Labute approximate surface area is 856 Å². The molecule has 0 saturated carbocycles. The Morgan fingerprint density at radius 2 is 0.397 bits per heavy atom. The lowest BCUT2D eigenvalue weighted by molar-refractivity contribution is -0.0271. The largest absolute Gasteiger partial charge is 0.456 e. The summed E-state index contributed by atoms with van der Waals surface area (Å²) in [5.74, 6) is 0. The SMILES string of the molecule is C=CC[Si](C)(C)C.CC(C)(C)C.CC(C)(C)O.CC(C)(C)O[Si](C)(C)C.COC(C)(C)C.COCCOC(C)(C)C.CO[Si](C)(C)OC(C)(C)C.C[Si](C)(C)C.C[Si](C)(C)C.C[Si](C)(C)C.C[Si](C)(C)Cl.C[Si](C)(C)O[Si](C)(C)C.C[Si](C)(C)O[Si](C)(C)O[Si](C)(C)C.C[Si](C)(C)O[Si](C)(C)O[Si](C)(C)O[Si](C)(C)C.C[Si](C)(C)O[Si](C)(C)O[Si](C)(C)O[Si](C)(C)O[Si](C)(C)C. The summed E-state index contributed by atoms with van der Waals surface area (Å²) in [7, 11) is -25.9. The van der Waals surface area contributed by atoms with Crippen LogP contribution in [0.2, 0.25) is 392 Å². The van der Waals surface area contributed by atoms with E-state index >= 15 is 0 Å². The minimum absolute atomic E-state index is 0.0292. The van der Waals surface area contributed by atoms with Gasteiger partial charge in [-0.25, -0.2) is 0 Å². The zero-order chi connectivity index (χ0) is 112. The summed E-state index contributed by atoms with van der Waals surface area (Å²) in [5, 5.41) is 8.52. The fraction of sp³-hybridized carbons (Fsp3) is 0.978. The lowest BCUT2D eigenvalue weighted by atomic mass is 10.0. The third-order valence-corrected chi connectivity index (χ3v) is 57.3. The summed E-state index contributed by atoms with van der Waals surface area (Å²) in [4.78, 5) is 0. The number of ether oxygens (including phenoxy) is 3. The Morgan fingerprint density at radius 1 is 0.244 bits per heavy atom. The lowest BCUT2D eigenvalue weighted by Crippen LogP contribution is -2.58. The van der Waals surface area contributed by atoms with Crippen LogP contribution in [0, 0.1) is 5.41 Å². The maximum atomic E-state index is 8.52. The Morgan fingerprint density at radius 3 is 0.466 bits per heavy atom. The average molecular weight is 2260 g/mol. The highest BCUT2D eigenvalue weighted by molar-refractivity contribution is 7.18. The van der Waals surface area contributed by atoms with E-state index in [1.165, 1.54) is 6.04 Å². The number of hydrogen-bond acceptors (Lipinski definition) is 17. The van der Waals surface area contributed by atoms with Crippen molar-refractivity contribution in [1.82, 2.24) is 0 Å². The van der Waals surface area contributed by atoms with Gasteiger partial charge in [0, 0.05) is 59.2 Å². The normalized spacial score (nSPS) is 13.6. The summed E-state index contributed by atoms with van der Waals surface area (Å²) in [6.07, 6.45) is 2.02. The van der Waals surface area contributed by atoms with Gasteiger partial charge in [0.15, 0.2) is 74.9 Å². The van der Waals surface area contributed by atoms with Crippen LogP contribution in [0.4, 0.5) is 0 Å². The van der Waals surface area contributed by atoms with Crippen LogP contribution in [0.1, 0.15) is 132 Å². The molecule has 1 N–H and O–H groups in total. The molecule has 0 amide bonds. The number of halogens is 1. The minimum Gasteiger partial charge on any atom is -0.456 e. The summed E-state index contributed by atoms with van der Waals surface area (Å²) < 4.78 is 93.9. The predicted octanol–water partition coefficient (Wildman–Crippen LogP) is 35.9. The Kier molecular flexibility index (Phi) is 87.9. The third kappa shape index (κ3) is 276. The smallest absolute Gasteiger partial charge is 0.331 e. The number of rotatable bonds is 28. The van der Waals surface area contributed by atoms with Gasteiger partial charge in [0.2, 0.25) is 0 Å². The average Bonchev–Trinajstić information content (AvgIpc) is 0.816. The molecule has 0 heterocycles. The van der Waals surface area contributed by atoms with Gasteiger partial charge in [-0.2, -0.15) is 11.1 Å². The molecule has 0 fully saturated rings. The Balaban J connectivity index is -0.0000000869. The van der Waals surface area contributed by atoms with Crippen LogP contribution in [0.25, 0.3) is 0 Å². The van der Waals surface area contributed by atoms with Gasteiger partial charge >= 0.3 is 59.9 Å². The lowest BCUT2D eigenvalue weighted by Gasteiger charge is -2.41. The number of methoxy groups -OCH3 is 2. The van der Waals surface area contributed by atoms with E-state index in [0.29, 0.717) is 18.6 Å². The standard InChI is InChI=1S/C12H36O4Si5.C10H30O3Si4.C8H24O2Si3.C7H18O2Si.C7H16O2.C7H18OSi.C6H18OSi2.C6H14Si.C5H12O.C5H12.C4H10O.3C4H12Si.C3H9ClSi/c1-17(2,3)13-19(7,8)15-21(11,12)16-20(9,10)14-18(4,5)6;1-14(2,3)11-16(7,8)13-17(9,10)12-15(4,5)6;1-11(2,3)9-13(7,8)10-12(4,5)6;1-7(2,3)9-10(5,6)8-4;1-7(2,3)9-6-5-8-4;1-7(2,3)8-9(4,5)6;1-8(2,3)7-9(4,5)6;1-5-6-7(2,3)4;1-5(2,3)6-4;1-5(2,3)4;1-4(2,3)5;4*1-5(2,3)4/h1-12H3;1-10H3;1-8H3;1-6H3;5-6H2,1-4H3;2*1-6H3;5H,1,6H2,2-4H3;1-4H3;1-4H3;5H,1-3H3;3*1-4H3;1-3H3. The fourth-order valence-electron chi connectivity index (χ4n) is 9.81. The van der Waals surface area contributed by atoms with E-state index < -0.39 is 180 Å². The zero-order valence-corrected chi connectivity index (χ0v) is 127. The van der Waals surface area contributed by atoms with E-state index in [1.54, 1.807) is 42.1 Å². The van der Waals surface area contributed by atoms with E-state index in [1.807, 2.05) is 81.5 Å². The molecular formula is C92H253ClO17Si21. The molecule has 0 saturated heterocycles. The van der Waals surface area contributed by atoms with Crippen molar-refractivity contribution < 1.29 is 73.7 Å². The van der Waals surface area contributed by atoms with Crippen molar-refractivity contribution in [3.8, 4) is 0 Å². The van der Waals surface area contributed by atoms with Crippen LogP contribution in [-0.2, 0) is 68.6 Å². The summed E-state index contributed by atoms with van der Waals surface area (Å²) >= 11 is 5.67. The molecule has 0 aromatic rings. The molecule has 0 aliphatic carbocycles. The van der Waals surface area contributed by atoms with Crippen LogP contribution in [0.3, 0.4) is 0 Å². The predicted molar refractivity (Wildman–Crippen MR) is 659 cm³/mol. The molecule has 0 aliphatic rings. The van der Waals surface area contributed by atoms with Crippen molar-refractivity contribution >= 4 is 186 Å². The van der Waals surface area contributed by atoms with Gasteiger partial charge < -0.3 is 73.7 Å². The second-order valence-corrected chi connectivity index (χ2v) is 157. The quantitative estimate of drug-likeness (QED) is 0.0340. The third-order valence-electron chi connectivity index (χ3n) is 9.25. The molecule has 0 aliphatic heterocycles. The highest BCUT2D eigenvalue weighted by Crippen LogP contribution is 2.29. The van der Waals surface area contributed by atoms with E-state index in [2.05, 4.69) is 428 Å². The van der Waals surface area contributed by atoms with Crippen LogP contribution in [0.5, 0.6) is 0 Å². The van der Waals surface area contributed by atoms with E-state index in [-0.39, 0.29) is 22.4 Å². The second kappa shape index (κ2) is 68.4. The molecule has 0 rings (SSSR count). The van der Waals surface area contributed by atoms with Gasteiger partial charge in [-0.05, 0) is 384 Å². The van der Waals surface area contributed by atoms with Crippen molar-refractivity contribution in [3.63, 3.8) is 0 Å². The monoisotopic (exact) mass is 2250 g/mol. The molecule has 0 radical (unpaired) electrons. The van der Waals surface area contributed by atoms with Gasteiger partial charge in [-0.1, -0.05) is 152 Å². The van der Waals surface area contributed by atoms with Crippen LogP contribution < -0.4 is 0 Å². The van der Waals surface area contributed by atoms with Crippen molar-refractivity contribution in [1.29, 1.82) is 0 Å². The molecule has 0 aromatic heterocycles. The van der Waals surface area contributed by atoms with Gasteiger partial charge in [0.1, 0.15) is 7.38 Å². The molecule has 814 valence electrons. The highest BCUT2D eigenvalue weighted by atomic mass is 35.6. The molecule has 0 spiro atoms. The number of aliphatic hydroxyl groups is 1. The summed E-state index contributed by atoms with van der Waals surface area (Å²) in [6.45, 7) is 174. The second-order valence-electron chi connectivity index (χ2n) is 59.0. The number of allylic oxidation sites excluding steroid dienone is 1. The Hall–Kier alpha value is 3.90.